The zero-order valence-electron chi connectivity index (χ0n) is 56.1. The Bertz CT molecular complexity index is 5690. The van der Waals surface area contributed by atoms with Gasteiger partial charge in [-0.2, -0.15) is 5.26 Å². The predicted octanol–water partition coefficient (Wildman–Crippen LogP) is 24.2. The first-order valence-corrected chi connectivity index (χ1v) is 34.3. The third-order valence-electron chi connectivity index (χ3n) is 19.3. The number of ether oxygens (including phenoxy) is 1. The minimum absolute atomic E-state index is 0.128. The van der Waals surface area contributed by atoms with Gasteiger partial charge in [-0.25, -0.2) is 4.98 Å². The monoisotopic (exact) mass is 1290 g/mol. The van der Waals surface area contributed by atoms with Gasteiger partial charge < -0.3 is 4.74 Å². The van der Waals surface area contributed by atoms with E-state index in [0.717, 1.165) is 144 Å². The van der Waals surface area contributed by atoms with Crippen LogP contribution in [0.25, 0.3) is 150 Å². The molecule has 6 nitrogen and oxygen atoms in total. The van der Waals surface area contributed by atoms with Crippen molar-refractivity contribution in [2.75, 3.05) is 0 Å². The van der Waals surface area contributed by atoms with Crippen molar-refractivity contribution >= 4 is 32.8 Å². The lowest BCUT2D eigenvalue weighted by atomic mass is 9.88. The molecule has 3 heterocycles. The standard InChI is InChI=1S/C95H67N5O/c1-95(2,3)81-45-46-97-93(59-81)100-89-44-41-71(78-52-72(65-25-10-4-11-26-65)49-73(53-78)66-27-12-5-13-28-66)58-88(89)87-43-42-83(61-92(87)100)101-84-48-64(62-96)47-82(60-84)98-63-99(91-40-23-22-39-90(91)98)94-85(79-54-74(67-29-14-6-15-30-67)50-75(55-79)68-31-16-7-17-32-68)37-24-38-86(94)80-56-76(69-33-18-8-19-34-69)51-77(57-80)70-35-20-9-21-36-70/h4-61H,1-3H3. The molecule has 0 bridgehead atoms. The summed E-state index contributed by atoms with van der Waals surface area (Å²) in [6.07, 6.45) is 5.86. The Labute approximate surface area is 588 Å². The van der Waals surface area contributed by atoms with Crippen LogP contribution in [-0.2, 0) is 5.41 Å². The zero-order valence-corrected chi connectivity index (χ0v) is 56.1. The Kier molecular flexibility index (Phi) is 15.8. The maximum absolute atomic E-state index is 11.0. The molecule has 0 aliphatic carbocycles. The highest BCUT2D eigenvalue weighted by Crippen LogP contribution is 2.44. The summed E-state index contributed by atoms with van der Waals surface area (Å²) in [6.45, 7) is 6.70. The average molecular weight is 1290 g/mol. The van der Waals surface area contributed by atoms with Gasteiger partial charge in [0.15, 0.2) is 0 Å². The molecule has 0 unspecified atom stereocenters. The normalized spacial score (nSPS) is 11.5. The highest BCUT2D eigenvalue weighted by atomic mass is 16.5. The van der Waals surface area contributed by atoms with Gasteiger partial charge in [0.2, 0.25) is 0 Å². The smallest absolute Gasteiger partial charge is 0.269 e. The quantitative estimate of drug-likeness (QED) is 0.0805. The second-order valence-corrected chi connectivity index (χ2v) is 26.9. The predicted molar refractivity (Wildman–Crippen MR) is 415 cm³/mol. The van der Waals surface area contributed by atoms with E-state index in [2.05, 4.69) is 368 Å². The van der Waals surface area contributed by atoms with Crippen LogP contribution in [0.1, 0.15) is 31.9 Å². The van der Waals surface area contributed by atoms with E-state index in [1.807, 2.05) is 30.5 Å². The zero-order chi connectivity index (χ0) is 68.0. The molecular formula is C95H67N5O. The highest BCUT2D eigenvalue weighted by molar-refractivity contribution is 6.11. The Hall–Kier alpha value is -13.2. The fourth-order valence-electron chi connectivity index (χ4n) is 14.3. The molecule has 0 amide bonds. The van der Waals surface area contributed by atoms with Crippen LogP contribution in [0.5, 0.6) is 11.5 Å². The summed E-state index contributed by atoms with van der Waals surface area (Å²) in [4.78, 5) is 5.09. The van der Waals surface area contributed by atoms with Crippen molar-refractivity contribution < 1.29 is 9.30 Å². The summed E-state index contributed by atoms with van der Waals surface area (Å²) in [5.41, 5.74) is 26.8. The van der Waals surface area contributed by atoms with E-state index in [9.17, 15) is 5.26 Å². The van der Waals surface area contributed by atoms with Crippen LogP contribution >= 0.6 is 0 Å². The molecule has 0 fully saturated rings. The van der Waals surface area contributed by atoms with Gasteiger partial charge >= 0.3 is 0 Å². The number of nitrogens with zero attached hydrogens (tertiary/aromatic N) is 5. The van der Waals surface area contributed by atoms with E-state index in [1.54, 1.807) is 0 Å². The molecule has 17 rings (SSSR count). The molecule has 14 aromatic carbocycles. The van der Waals surface area contributed by atoms with Crippen molar-refractivity contribution in [2.45, 2.75) is 26.2 Å². The Morgan fingerprint density at radius 3 is 1.29 bits per heavy atom. The van der Waals surface area contributed by atoms with Crippen molar-refractivity contribution in [3.63, 3.8) is 0 Å². The van der Waals surface area contributed by atoms with Crippen LogP contribution in [0.2, 0.25) is 0 Å². The molecule has 17 aromatic rings. The van der Waals surface area contributed by atoms with Gasteiger partial charge in [-0.1, -0.05) is 251 Å². The molecule has 0 saturated heterocycles. The van der Waals surface area contributed by atoms with E-state index in [0.29, 0.717) is 22.7 Å². The molecule has 0 spiro atoms. The van der Waals surface area contributed by atoms with Gasteiger partial charge in [0.25, 0.3) is 6.33 Å². The van der Waals surface area contributed by atoms with E-state index in [-0.39, 0.29) is 5.41 Å². The van der Waals surface area contributed by atoms with Crippen LogP contribution in [0, 0.1) is 17.7 Å². The second-order valence-electron chi connectivity index (χ2n) is 26.9. The third-order valence-corrected chi connectivity index (χ3v) is 19.3. The van der Waals surface area contributed by atoms with Crippen LogP contribution < -0.4 is 9.30 Å². The van der Waals surface area contributed by atoms with Crippen molar-refractivity contribution in [1.82, 2.24) is 14.1 Å². The number of hydrogen-bond acceptors (Lipinski definition) is 3. The fourth-order valence-corrected chi connectivity index (χ4v) is 14.3. The Morgan fingerprint density at radius 1 is 0.356 bits per heavy atom. The highest BCUT2D eigenvalue weighted by Gasteiger charge is 2.25. The number of hydrogen-bond donors (Lipinski definition) is 0. The SMILES string of the molecule is CC(C)(C)c1ccnc(-n2c3ccc(-c4cc(-c5ccccc5)cc(-c5ccccc5)c4)cc3c3ccc(Oc4cc(C#N)cc(-n5[c-][n+](-c6c(-c7cc(-c8ccccc8)cc(-c8ccccc8)c7)cccc6-c6cc(-c7ccccc7)cc(-c7ccccc7)c6)c6ccccc65)c4)cc32)c1. The maximum atomic E-state index is 11.0. The minimum atomic E-state index is -0.128. The van der Waals surface area contributed by atoms with Crippen molar-refractivity contribution in [3.8, 4) is 135 Å². The number of rotatable bonds is 14. The van der Waals surface area contributed by atoms with Gasteiger partial charge in [0.1, 0.15) is 17.3 Å². The summed E-state index contributed by atoms with van der Waals surface area (Å²) >= 11 is 0. The molecule has 3 aromatic heterocycles. The second kappa shape index (κ2) is 26.0. The molecular weight excluding hydrogens is 1230 g/mol. The first-order chi connectivity index (χ1) is 49.6. The van der Waals surface area contributed by atoms with Gasteiger partial charge in [0.05, 0.1) is 45.1 Å². The maximum Gasteiger partial charge on any atom is 0.269 e. The van der Waals surface area contributed by atoms with Gasteiger partial charge in [-0.3, -0.25) is 13.7 Å². The van der Waals surface area contributed by atoms with Crippen LogP contribution in [0.3, 0.4) is 0 Å². The molecule has 101 heavy (non-hydrogen) atoms. The molecule has 0 aliphatic rings. The number of imidazole rings is 1. The molecule has 478 valence electrons. The van der Waals surface area contributed by atoms with E-state index >= 15 is 0 Å². The minimum Gasteiger partial charge on any atom is -0.458 e. The first-order valence-electron chi connectivity index (χ1n) is 34.3. The third kappa shape index (κ3) is 12.0. The van der Waals surface area contributed by atoms with E-state index in [4.69, 9.17) is 9.72 Å². The van der Waals surface area contributed by atoms with Crippen molar-refractivity contribution in [3.05, 3.63) is 369 Å². The molecule has 6 heteroatoms. The Balaban J connectivity index is 0.830. The van der Waals surface area contributed by atoms with Crippen molar-refractivity contribution in [1.29, 1.82) is 5.26 Å². The largest absolute Gasteiger partial charge is 0.458 e. The molecule has 0 aliphatic heterocycles. The number of benzene rings is 14. The van der Waals surface area contributed by atoms with Gasteiger partial charge in [-0.15, -0.1) is 0 Å². The number of para-hydroxylation sites is 3. The lowest BCUT2D eigenvalue weighted by Gasteiger charge is -2.20. The molecule has 0 N–H and O–H groups in total. The van der Waals surface area contributed by atoms with Crippen molar-refractivity contribution in [2.24, 2.45) is 0 Å². The lowest BCUT2D eigenvalue weighted by molar-refractivity contribution is -0.571. The summed E-state index contributed by atoms with van der Waals surface area (Å²) in [6, 6.07) is 125. The van der Waals surface area contributed by atoms with Crippen LogP contribution in [-0.4, -0.2) is 14.1 Å². The summed E-state index contributed by atoms with van der Waals surface area (Å²) in [5.74, 6) is 1.91. The van der Waals surface area contributed by atoms with Gasteiger partial charge in [-0.05, 0) is 220 Å². The van der Waals surface area contributed by atoms with Crippen LogP contribution in [0.4, 0.5) is 0 Å². The topological polar surface area (TPSA) is 59.7 Å². The summed E-state index contributed by atoms with van der Waals surface area (Å²) in [5, 5.41) is 13.1. The molecule has 0 radical (unpaired) electrons. The van der Waals surface area contributed by atoms with E-state index in [1.165, 1.54) is 5.56 Å². The number of pyridine rings is 1. The van der Waals surface area contributed by atoms with Crippen LogP contribution in [0.15, 0.2) is 352 Å². The summed E-state index contributed by atoms with van der Waals surface area (Å²) < 4.78 is 13.6. The molecule has 0 saturated carbocycles. The number of aromatic nitrogens is 4. The molecule has 0 atom stereocenters. The van der Waals surface area contributed by atoms with E-state index < -0.39 is 0 Å². The Morgan fingerprint density at radius 2 is 0.812 bits per heavy atom. The fraction of sp³-hybridized carbons (Fsp3) is 0.0421. The van der Waals surface area contributed by atoms with Gasteiger partial charge in [0, 0.05) is 23.0 Å². The lowest BCUT2D eigenvalue weighted by Crippen LogP contribution is -2.31. The average Bonchev–Trinajstić information content (AvgIpc) is 1.62. The first kappa shape index (κ1) is 61.4. The summed E-state index contributed by atoms with van der Waals surface area (Å²) in [7, 11) is 0. The number of nitriles is 1. The number of fused-ring (bicyclic) bond motifs is 4.